The average Bonchev–Trinajstić information content (AvgIpc) is 3.18. The summed E-state index contributed by atoms with van der Waals surface area (Å²) in [6.45, 7) is 0. The van der Waals surface area contributed by atoms with Gasteiger partial charge in [0.05, 0.1) is 11.1 Å². The third-order valence-electron chi connectivity index (χ3n) is 6.22. The van der Waals surface area contributed by atoms with Gasteiger partial charge in [-0.1, -0.05) is 18.6 Å². The van der Waals surface area contributed by atoms with E-state index >= 15 is 0 Å². The standard InChI is InChI=1S/C18H20F3NO/c19-18(20,21)15-7-2-1-4-13(15)17(23)22-16-9-10-8-14(16)12-6-3-5-11(10)12/h1-2,4,7,10-12,14,16H,3,5-6,8-9H2,(H,22,23)/t10-,11-,12+,14-,16+/m1/s1. The fraction of sp³-hybridized carbons (Fsp3) is 0.611. The van der Waals surface area contributed by atoms with Gasteiger partial charge in [0.2, 0.25) is 0 Å². The van der Waals surface area contributed by atoms with Gasteiger partial charge in [0.25, 0.3) is 5.91 Å². The molecule has 2 bridgehead atoms. The summed E-state index contributed by atoms with van der Waals surface area (Å²) >= 11 is 0. The van der Waals surface area contributed by atoms with E-state index in [1.54, 1.807) is 0 Å². The van der Waals surface area contributed by atoms with Gasteiger partial charge in [-0.3, -0.25) is 4.79 Å². The molecule has 3 fully saturated rings. The molecular weight excluding hydrogens is 303 g/mol. The molecule has 5 atom stereocenters. The highest BCUT2D eigenvalue weighted by Crippen LogP contribution is 2.58. The second-order valence-electron chi connectivity index (χ2n) is 7.28. The Balaban J connectivity index is 1.52. The monoisotopic (exact) mass is 323 g/mol. The van der Waals surface area contributed by atoms with E-state index in [-0.39, 0.29) is 11.6 Å². The highest BCUT2D eigenvalue weighted by Gasteiger charge is 2.54. The molecule has 0 aliphatic heterocycles. The predicted octanol–water partition coefficient (Wildman–Crippen LogP) is 4.26. The van der Waals surface area contributed by atoms with Crippen LogP contribution in [0.3, 0.4) is 0 Å². The number of amides is 1. The van der Waals surface area contributed by atoms with Crippen LogP contribution in [0.5, 0.6) is 0 Å². The van der Waals surface area contributed by atoms with Crippen LogP contribution in [0.4, 0.5) is 13.2 Å². The highest BCUT2D eigenvalue weighted by molar-refractivity contribution is 5.96. The summed E-state index contributed by atoms with van der Waals surface area (Å²) in [5.74, 6) is 2.03. The van der Waals surface area contributed by atoms with Crippen molar-refractivity contribution in [3.05, 3.63) is 35.4 Å². The molecule has 3 saturated carbocycles. The Bertz CT molecular complexity index is 627. The molecule has 0 heterocycles. The molecule has 1 N–H and O–H groups in total. The van der Waals surface area contributed by atoms with E-state index in [2.05, 4.69) is 5.32 Å². The Morgan fingerprint density at radius 1 is 1.04 bits per heavy atom. The van der Waals surface area contributed by atoms with Crippen LogP contribution in [0.2, 0.25) is 0 Å². The van der Waals surface area contributed by atoms with E-state index in [1.165, 1.54) is 37.5 Å². The van der Waals surface area contributed by atoms with E-state index < -0.39 is 17.6 Å². The van der Waals surface area contributed by atoms with Crippen LogP contribution in [0.15, 0.2) is 24.3 Å². The first-order valence-corrected chi connectivity index (χ1v) is 8.42. The molecule has 124 valence electrons. The molecule has 1 aromatic carbocycles. The summed E-state index contributed by atoms with van der Waals surface area (Å²) in [5, 5.41) is 2.91. The topological polar surface area (TPSA) is 29.1 Å². The van der Waals surface area contributed by atoms with Gasteiger partial charge in [0.15, 0.2) is 0 Å². The van der Waals surface area contributed by atoms with Crippen molar-refractivity contribution in [2.24, 2.45) is 23.7 Å². The van der Waals surface area contributed by atoms with Crippen molar-refractivity contribution in [1.29, 1.82) is 0 Å². The highest BCUT2D eigenvalue weighted by atomic mass is 19.4. The van der Waals surface area contributed by atoms with Gasteiger partial charge in [0, 0.05) is 6.04 Å². The SMILES string of the molecule is O=C(N[C@H]1C[C@H]2C[C@@H]1[C@H]1CCC[C@H]21)c1ccccc1C(F)(F)F. The summed E-state index contributed by atoms with van der Waals surface area (Å²) in [6.07, 6.45) is 1.35. The lowest BCUT2D eigenvalue weighted by atomic mass is 9.79. The Hall–Kier alpha value is -1.52. The zero-order valence-corrected chi connectivity index (χ0v) is 12.8. The van der Waals surface area contributed by atoms with Gasteiger partial charge < -0.3 is 5.32 Å². The summed E-state index contributed by atoms with van der Waals surface area (Å²) in [7, 11) is 0. The van der Waals surface area contributed by atoms with Crippen molar-refractivity contribution in [3.8, 4) is 0 Å². The molecule has 2 nitrogen and oxygen atoms in total. The minimum Gasteiger partial charge on any atom is -0.349 e. The van der Waals surface area contributed by atoms with Crippen LogP contribution in [0.1, 0.15) is 48.0 Å². The molecule has 1 amide bonds. The summed E-state index contributed by atoms with van der Waals surface area (Å²) in [6, 6.07) is 5.10. The summed E-state index contributed by atoms with van der Waals surface area (Å²) < 4.78 is 39.2. The first-order valence-electron chi connectivity index (χ1n) is 8.42. The Morgan fingerprint density at radius 2 is 1.78 bits per heavy atom. The Kier molecular flexibility index (Phi) is 3.43. The van der Waals surface area contributed by atoms with Gasteiger partial charge in [-0.25, -0.2) is 0 Å². The van der Waals surface area contributed by atoms with Crippen LogP contribution < -0.4 is 5.32 Å². The lowest BCUT2D eigenvalue weighted by Gasteiger charge is -2.32. The van der Waals surface area contributed by atoms with Crippen LogP contribution in [0.25, 0.3) is 0 Å². The van der Waals surface area contributed by atoms with Crippen molar-refractivity contribution in [2.45, 2.75) is 44.3 Å². The number of fused-ring (bicyclic) bond motifs is 5. The van der Waals surface area contributed by atoms with Crippen LogP contribution >= 0.6 is 0 Å². The quantitative estimate of drug-likeness (QED) is 0.866. The van der Waals surface area contributed by atoms with Crippen molar-refractivity contribution >= 4 is 5.91 Å². The first-order chi connectivity index (χ1) is 10.9. The molecule has 0 aromatic heterocycles. The third kappa shape index (κ3) is 2.45. The van der Waals surface area contributed by atoms with Gasteiger partial charge in [-0.15, -0.1) is 0 Å². The molecule has 1 aromatic rings. The van der Waals surface area contributed by atoms with Crippen molar-refractivity contribution in [2.75, 3.05) is 0 Å². The van der Waals surface area contributed by atoms with Crippen LogP contribution in [0, 0.1) is 23.7 Å². The number of halogens is 3. The number of hydrogen-bond donors (Lipinski definition) is 1. The van der Waals surface area contributed by atoms with E-state index in [9.17, 15) is 18.0 Å². The second-order valence-corrected chi connectivity index (χ2v) is 7.28. The lowest BCUT2D eigenvalue weighted by molar-refractivity contribution is -0.137. The fourth-order valence-corrected chi connectivity index (χ4v) is 5.41. The largest absolute Gasteiger partial charge is 0.417 e. The first kappa shape index (κ1) is 15.0. The number of hydrogen-bond acceptors (Lipinski definition) is 1. The lowest BCUT2D eigenvalue weighted by Crippen LogP contribution is -2.43. The van der Waals surface area contributed by atoms with Crippen molar-refractivity contribution in [3.63, 3.8) is 0 Å². The summed E-state index contributed by atoms with van der Waals surface area (Å²) in [4.78, 5) is 12.4. The second kappa shape index (κ2) is 5.25. The third-order valence-corrected chi connectivity index (χ3v) is 6.22. The molecule has 4 rings (SSSR count). The molecule has 3 aliphatic carbocycles. The smallest absolute Gasteiger partial charge is 0.349 e. The van der Waals surface area contributed by atoms with Crippen LogP contribution in [-0.2, 0) is 6.18 Å². The molecule has 0 unspecified atom stereocenters. The molecule has 3 aliphatic rings. The number of benzene rings is 1. The molecular formula is C18H20F3NO. The average molecular weight is 323 g/mol. The Labute approximate surface area is 133 Å². The van der Waals surface area contributed by atoms with E-state index in [4.69, 9.17) is 0 Å². The van der Waals surface area contributed by atoms with Crippen molar-refractivity contribution in [1.82, 2.24) is 5.32 Å². The van der Waals surface area contributed by atoms with Crippen molar-refractivity contribution < 1.29 is 18.0 Å². The molecule has 23 heavy (non-hydrogen) atoms. The van der Waals surface area contributed by atoms with Crippen LogP contribution in [-0.4, -0.2) is 11.9 Å². The molecule has 0 spiro atoms. The van der Waals surface area contributed by atoms with Gasteiger partial charge in [-0.2, -0.15) is 13.2 Å². The maximum Gasteiger partial charge on any atom is 0.417 e. The zero-order chi connectivity index (χ0) is 16.2. The van der Waals surface area contributed by atoms with E-state index in [1.807, 2.05) is 0 Å². The van der Waals surface area contributed by atoms with Gasteiger partial charge in [0.1, 0.15) is 0 Å². The number of rotatable bonds is 2. The zero-order valence-electron chi connectivity index (χ0n) is 12.8. The van der Waals surface area contributed by atoms with E-state index in [0.29, 0.717) is 17.8 Å². The van der Waals surface area contributed by atoms with Gasteiger partial charge in [-0.05, 0) is 61.5 Å². The Morgan fingerprint density at radius 3 is 2.57 bits per heavy atom. The molecule has 5 heteroatoms. The van der Waals surface area contributed by atoms with E-state index in [0.717, 1.165) is 24.8 Å². The maximum absolute atomic E-state index is 13.1. The number of carbonyl (C=O) groups excluding carboxylic acids is 1. The fourth-order valence-electron chi connectivity index (χ4n) is 5.41. The normalized spacial score (nSPS) is 35.3. The van der Waals surface area contributed by atoms with Gasteiger partial charge >= 0.3 is 6.18 Å². The predicted molar refractivity (Wildman–Crippen MR) is 79.7 cm³/mol. The number of alkyl halides is 3. The maximum atomic E-state index is 13.1. The molecule has 0 saturated heterocycles. The minimum absolute atomic E-state index is 0.0492. The molecule has 0 radical (unpaired) electrons. The summed E-state index contributed by atoms with van der Waals surface area (Å²) in [5.41, 5.74) is -1.11. The minimum atomic E-state index is -4.50. The number of carbonyl (C=O) groups is 1. The number of nitrogens with one attached hydrogen (secondary N) is 1.